The van der Waals surface area contributed by atoms with E-state index >= 15 is 0 Å². The number of hydrogen-bond donors (Lipinski definition) is 2. The molecular formula is C33H35N3. The highest BCUT2D eigenvalue weighted by Crippen LogP contribution is 2.50. The molecule has 0 aromatic heterocycles. The van der Waals surface area contributed by atoms with E-state index in [9.17, 15) is 0 Å². The van der Waals surface area contributed by atoms with E-state index < -0.39 is 0 Å². The van der Waals surface area contributed by atoms with E-state index in [1.165, 1.54) is 27.8 Å². The van der Waals surface area contributed by atoms with Crippen LogP contribution in [0.5, 0.6) is 0 Å². The van der Waals surface area contributed by atoms with Crippen LogP contribution in [0.1, 0.15) is 57.2 Å². The predicted octanol–water partition coefficient (Wildman–Crippen LogP) is 8.52. The van der Waals surface area contributed by atoms with Gasteiger partial charge in [0.15, 0.2) is 0 Å². The standard InChI is InChI=1S/C33H35N3/c1-7-9-26-29-19-28-23(17-31(29)33(5,6)30(26)8-2)16-22-10-13-24(34)18-27(22)32(28)36(35)25-14-11-21(12-15-25)20(3)4/h7-20H,2,34-35H2,1,3-6H3/b9-7-. The quantitative estimate of drug-likeness (QED) is 0.132. The summed E-state index contributed by atoms with van der Waals surface area (Å²) in [6.07, 6.45) is 6.30. The van der Waals surface area contributed by atoms with Gasteiger partial charge in [-0.2, -0.15) is 0 Å². The van der Waals surface area contributed by atoms with E-state index in [1.54, 1.807) is 0 Å². The van der Waals surface area contributed by atoms with Gasteiger partial charge >= 0.3 is 0 Å². The summed E-state index contributed by atoms with van der Waals surface area (Å²) in [4.78, 5) is 0. The molecule has 1 aliphatic rings. The van der Waals surface area contributed by atoms with Gasteiger partial charge in [0.05, 0.1) is 11.4 Å². The molecule has 0 saturated carbocycles. The van der Waals surface area contributed by atoms with Gasteiger partial charge in [0.1, 0.15) is 0 Å². The number of nitrogens with zero attached hydrogens (tertiary/aromatic N) is 1. The first-order valence-corrected chi connectivity index (χ1v) is 12.6. The Morgan fingerprint density at radius 1 is 0.917 bits per heavy atom. The van der Waals surface area contributed by atoms with Gasteiger partial charge in [-0.05, 0) is 93.9 Å². The molecule has 0 unspecified atom stereocenters. The third-order valence-corrected chi connectivity index (χ3v) is 7.63. The lowest BCUT2D eigenvalue weighted by Crippen LogP contribution is -2.25. The zero-order chi connectivity index (χ0) is 25.8. The Kier molecular flexibility index (Phi) is 5.77. The van der Waals surface area contributed by atoms with Crippen LogP contribution >= 0.6 is 0 Å². The summed E-state index contributed by atoms with van der Waals surface area (Å²) < 4.78 is 0. The predicted molar refractivity (Wildman–Crippen MR) is 158 cm³/mol. The van der Waals surface area contributed by atoms with Crippen LogP contribution in [0.25, 0.3) is 27.1 Å². The molecule has 4 aromatic carbocycles. The minimum atomic E-state index is -0.134. The van der Waals surface area contributed by atoms with Crippen LogP contribution in [0.2, 0.25) is 0 Å². The summed E-state index contributed by atoms with van der Waals surface area (Å²) in [6.45, 7) is 15.2. The van der Waals surface area contributed by atoms with E-state index in [-0.39, 0.29) is 5.41 Å². The van der Waals surface area contributed by atoms with Crippen molar-refractivity contribution in [3.05, 3.63) is 108 Å². The molecule has 0 heterocycles. The monoisotopic (exact) mass is 473 g/mol. The van der Waals surface area contributed by atoms with Crippen LogP contribution in [0.3, 0.4) is 0 Å². The maximum Gasteiger partial charge on any atom is 0.0732 e. The average Bonchev–Trinajstić information content (AvgIpc) is 3.06. The number of allylic oxidation sites excluding steroid dienone is 5. The molecule has 182 valence electrons. The zero-order valence-electron chi connectivity index (χ0n) is 21.9. The molecule has 4 N–H and O–H groups in total. The summed E-state index contributed by atoms with van der Waals surface area (Å²) in [7, 11) is 0. The first kappa shape index (κ1) is 23.9. The normalized spacial score (nSPS) is 14.9. The molecule has 1 aliphatic carbocycles. The molecule has 0 spiro atoms. The van der Waals surface area contributed by atoms with Crippen molar-refractivity contribution in [1.29, 1.82) is 0 Å². The zero-order valence-corrected chi connectivity index (χ0v) is 21.9. The topological polar surface area (TPSA) is 55.3 Å². The van der Waals surface area contributed by atoms with E-state index in [0.29, 0.717) is 5.92 Å². The molecule has 0 radical (unpaired) electrons. The summed E-state index contributed by atoms with van der Waals surface area (Å²) >= 11 is 0. The molecule has 3 nitrogen and oxygen atoms in total. The fourth-order valence-electron chi connectivity index (χ4n) is 5.64. The van der Waals surface area contributed by atoms with Crippen molar-refractivity contribution in [2.24, 2.45) is 5.84 Å². The largest absolute Gasteiger partial charge is 0.399 e. The highest BCUT2D eigenvalue weighted by atomic mass is 15.4. The Morgan fingerprint density at radius 2 is 1.61 bits per heavy atom. The Labute approximate surface area is 214 Å². The van der Waals surface area contributed by atoms with Crippen LogP contribution in [0.4, 0.5) is 17.1 Å². The molecule has 0 bridgehead atoms. The van der Waals surface area contributed by atoms with E-state index in [2.05, 4.69) is 102 Å². The lowest BCUT2D eigenvalue weighted by Gasteiger charge is -2.26. The van der Waals surface area contributed by atoms with Gasteiger partial charge in [-0.1, -0.05) is 70.7 Å². The molecule has 0 atom stereocenters. The fourth-order valence-corrected chi connectivity index (χ4v) is 5.64. The number of rotatable bonds is 5. The second-order valence-corrected chi connectivity index (χ2v) is 10.6. The van der Waals surface area contributed by atoms with Crippen molar-refractivity contribution in [2.45, 2.75) is 46.0 Å². The Bertz CT molecular complexity index is 1570. The van der Waals surface area contributed by atoms with Crippen LogP contribution in [-0.2, 0) is 5.41 Å². The Balaban J connectivity index is 1.84. The molecule has 3 heteroatoms. The number of anilines is 3. The molecule has 0 aliphatic heterocycles. The van der Waals surface area contributed by atoms with E-state index in [0.717, 1.165) is 38.6 Å². The van der Waals surface area contributed by atoms with E-state index in [1.807, 2.05) is 23.2 Å². The lowest BCUT2D eigenvalue weighted by atomic mass is 9.80. The lowest BCUT2D eigenvalue weighted by molar-refractivity contribution is 0.655. The average molecular weight is 474 g/mol. The van der Waals surface area contributed by atoms with Crippen molar-refractivity contribution in [3.63, 3.8) is 0 Å². The number of nitrogen functional groups attached to an aromatic ring is 1. The summed E-state index contributed by atoms with van der Waals surface area (Å²) in [5, 5.41) is 6.23. The number of fused-ring (bicyclic) bond motifs is 3. The number of hydrazine groups is 1. The maximum absolute atomic E-state index is 6.92. The highest BCUT2D eigenvalue weighted by Gasteiger charge is 2.36. The number of benzene rings is 4. The highest BCUT2D eigenvalue weighted by molar-refractivity contribution is 6.14. The SMILES string of the molecule is C=CC1=C(/C=C\C)c2cc3c(N(N)c4ccc(C(C)C)cc4)c4cc(N)ccc4cc3cc2C1(C)C. The van der Waals surface area contributed by atoms with Crippen molar-refractivity contribution in [1.82, 2.24) is 0 Å². The molecular weight excluding hydrogens is 438 g/mol. The van der Waals surface area contributed by atoms with Crippen molar-refractivity contribution < 1.29 is 0 Å². The first-order valence-electron chi connectivity index (χ1n) is 12.6. The van der Waals surface area contributed by atoms with Gasteiger partial charge < -0.3 is 5.73 Å². The van der Waals surface area contributed by atoms with Gasteiger partial charge in [0.2, 0.25) is 0 Å². The minimum absolute atomic E-state index is 0.134. The van der Waals surface area contributed by atoms with Gasteiger partial charge in [-0.3, -0.25) is 5.01 Å². The van der Waals surface area contributed by atoms with Crippen LogP contribution in [0, 0.1) is 0 Å². The second kappa shape index (κ2) is 8.69. The van der Waals surface area contributed by atoms with Gasteiger partial charge in [-0.25, -0.2) is 5.84 Å². The smallest absolute Gasteiger partial charge is 0.0732 e. The van der Waals surface area contributed by atoms with Gasteiger partial charge in [0.25, 0.3) is 0 Å². The van der Waals surface area contributed by atoms with E-state index in [4.69, 9.17) is 11.6 Å². The van der Waals surface area contributed by atoms with Crippen molar-refractivity contribution in [2.75, 3.05) is 10.7 Å². The Morgan fingerprint density at radius 3 is 2.25 bits per heavy atom. The molecule has 5 rings (SSSR count). The molecule has 4 aromatic rings. The second-order valence-electron chi connectivity index (χ2n) is 10.6. The minimum Gasteiger partial charge on any atom is -0.399 e. The first-order chi connectivity index (χ1) is 17.2. The summed E-state index contributed by atoms with van der Waals surface area (Å²) in [6, 6.07) is 21.5. The van der Waals surface area contributed by atoms with Crippen LogP contribution < -0.4 is 16.6 Å². The summed E-state index contributed by atoms with van der Waals surface area (Å²) in [5.74, 6) is 7.38. The maximum atomic E-state index is 6.92. The molecule has 0 fully saturated rings. The van der Waals surface area contributed by atoms with Crippen molar-refractivity contribution in [3.8, 4) is 0 Å². The van der Waals surface area contributed by atoms with Crippen LogP contribution in [0.15, 0.2) is 91.0 Å². The number of hydrogen-bond acceptors (Lipinski definition) is 3. The molecule has 0 amide bonds. The molecule has 36 heavy (non-hydrogen) atoms. The van der Waals surface area contributed by atoms with Gasteiger partial charge in [0, 0.05) is 21.9 Å². The summed E-state index contributed by atoms with van der Waals surface area (Å²) in [5.41, 5.74) is 15.0. The van der Waals surface area contributed by atoms with Gasteiger partial charge in [-0.15, -0.1) is 0 Å². The Hall–Kier alpha value is -3.82. The molecule has 0 saturated heterocycles. The third kappa shape index (κ3) is 3.63. The van der Waals surface area contributed by atoms with Crippen LogP contribution in [-0.4, -0.2) is 0 Å². The third-order valence-electron chi connectivity index (χ3n) is 7.63. The fraction of sp³-hybridized carbons (Fsp3) is 0.212. The van der Waals surface area contributed by atoms with Crippen molar-refractivity contribution >= 4 is 44.2 Å². The number of nitrogens with two attached hydrogens (primary N) is 2.